The van der Waals surface area contributed by atoms with Crippen LogP contribution in [0.5, 0.6) is 0 Å². The molecule has 0 saturated carbocycles. The van der Waals surface area contributed by atoms with E-state index in [0.29, 0.717) is 30.4 Å². The number of Topliss-reactive ketones (excluding diaryl/α,β-unsaturated/α-hetero) is 1. The maximum absolute atomic E-state index is 12.0. The molecule has 2 N–H and O–H groups in total. The summed E-state index contributed by atoms with van der Waals surface area (Å²) in [4.78, 5) is 22.6. The van der Waals surface area contributed by atoms with Crippen LogP contribution in [0.3, 0.4) is 0 Å². The first-order valence-corrected chi connectivity index (χ1v) is 5.23. The van der Waals surface area contributed by atoms with Crippen molar-refractivity contribution in [1.29, 1.82) is 0 Å². The average Bonchev–Trinajstić information content (AvgIpc) is 2.74. The Hall–Kier alpha value is -1.52. The number of carbonyl (C=O) groups is 2. The van der Waals surface area contributed by atoms with E-state index in [4.69, 9.17) is 0 Å². The third-order valence-corrected chi connectivity index (χ3v) is 2.78. The molecular formula is C12H13NO3. The van der Waals surface area contributed by atoms with Crippen molar-refractivity contribution in [2.24, 2.45) is 0 Å². The van der Waals surface area contributed by atoms with E-state index in [1.165, 1.54) is 0 Å². The van der Waals surface area contributed by atoms with Crippen LogP contribution in [0.25, 0.3) is 0 Å². The summed E-state index contributed by atoms with van der Waals surface area (Å²) in [6, 6.07) is 5.96. The Labute approximate surface area is 93.3 Å². The van der Waals surface area contributed by atoms with Crippen LogP contribution in [-0.2, 0) is 0 Å². The fourth-order valence-corrected chi connectivity index (χ4v) is 1.90. The number of carbonyl (C=O) groups excluding carboxylic acids is 2. The van der Waals surface area contributed by atoms with E-state index in [-0.39, 0.29) is 5.78 Å². The number of hydrogen-bond acceptors (Lipinski definition) is 4. The molecule has 1 aliphatic rings. The van der Waals surface area contributed by atoms with Crippen LogP contribution in [-0.4, -0.2) is 35.9 Å². The van der Waals surface area contributed by atoms with Gasteiger partial charge in [0.25, 0.3) is 0 Å². The lowest BCUT2D eigenvalue weighted by molar-refractivity contribution is 0.0841. The summed E-state index contributed by atoms with van der Waals surface area (Å²) in [5.41, 5.74) is 0.932. The Morgan fingerprint density at radius 3 is 2.94 bits per heavy atom. The summed E-state index contributed by atoms with van der Waals surface area (Å²) in [7, 11) is 0. The van der Waals surface area contributed by atoms with E-state index in [9.17, 15) is 14.7 Å². The maximum Gasteiger partial charge on any atom is 0.182 e. The van der Waals surface area contributed by atoms with Gasteiger partial charge in [0.2, 0.25) is 0 Å². The normalized spacial score (nSPS) is 24.3. The topological polar surface area (TPSA) is 66.4 Å². The molecule has 4 nitrogen and oxygen atoms in total. The molecule has 1 aliphatic heterocycles. The number of aldehydes is 1. The smallest absolute Gasteiger partial charge is 0.182 e. The molecule has 0 amide bonds. The summed E-state index contributed by atoms with van der Waals surface area (Å²) in [6.07, 6.45) is 0.659. The van der Waals surface area contributed by atoms with Gasteiger partial charge in [0.1, 0.15) is 6.29 Å². The molecule has 2 rings (SSSR count). The molecular weight excluding hydrogens is 206 g/mol. The zero-order valence-corrected chi connectivity index (χ0v) is 8.72. The van der Waals surface area contributed by atoms with Crippen molar-refractivity contribution in [2.45, 2.75) is 18.6 Å². The zero-order valence-electron chi connectivity index (χ0n) is 8.72. The first-order chi connectivity index (χ1) is 7.72. The van der Waals surface area contributed by atoms with Gasteiger partial charge in [-0.25, -0.2) is 0 Å². The Morgan fingerprint density at radius 1 is 1.50 bits per heavy atom. The van der Waals surface area contributed by atoms with E-state index in [0.717, 1.165) is 0 Å². The minimum absolute atomic E-state index is 0.159. The highest BCUT2D eigenvalue weighted by molar-refractivity contribution is 6.01. The van der Waals surface area contributed by atoms with Crippen LogP contribution in [0.1, 0.15) is 27.1 Å². The number of aliphatic hydroxyl groups excluding tert-OH is 1. The number of rotatable bonds is 3. The van der Waals surface area contributed by atoms with Crippen molar-refractivity contribution in [1.82, 2.24) is 5.32 Å². The molecule has 1 aromatic rings. The van der Waals surface area contributed by atoms with Gasteiger partial charge < -0.3 is 10.4 Å². The van der Waals surface area contributed by atoms with E-state index < -0.39 is 12.1 Å². The summed E-state index contributed by atoms with van der Waals surface area (Å²) in [6.45, 7) is 0.644. The molecule has 0 spiro atoms. The van der Waals surface area contributed by atoms with Gasteiger partial charge in [-0.3, -0.25) is 9.59 Å². The van der Waals surface area contributed by atoms with Crippen LogP contribution >= 0.6 is 0 Å². The predicted molar refractivity (Wildman–Crippen MR) is 58.6 cm³/mol. The number of benzene rings is 1. The van der Waals surface area contributed by atoms with Gasteiger partial charge in [-0.2, -0.15) is 0 Å². The third-order valence-electron chi connectivity index (χ3n) is 2.78. The lowest BCUT2D eigenvalue weighted by atomic mass is 10.00. The van der Waals surface area contributed by atoms with Crippen LogP contribution in [0.4, 0.5) is 0 Å². The van der Waals surface area contributed by atoms with Crippen molar-refractivity contribution in [3.05, 3.63) is 35.4 Å². The molecule has 1 saturated heterocycles. The van der Waals surface area contributed by atoms with Crippen molar-refractivity contribution in [3.63, 3.8) is 0 Å². The Bertz CT molecular complexity index is 416. The van der Waals surface area contributed by atoms with Gasteiger partial charge >= 0.3 is 0 Å². The van der Waals surface area contributed by atoms with Gasteiger partial charge in [-0.05, 0) is 19.0 Å². The number of aliphatic hydroxyl groups is 1. The van der Waals surface area contributed by atoms with Crippen LogP contribution in [0.2, 0.25) is 0 Å². The van der Waals surface area contributed by atoms with Gasteiger partial charge in [0.15, 0.2) is 5.78 Å². The highest BCUT2D eigenvalue weighted by Crippen LogP contribution is 2.14. The lowest BCUT2D eigenvalue weighted by Gasteiger charge is -2.13. The average molecular weight is 219 g/mol. The first kappa shape index (κ1) is 11.0. The van der Waals surface area contributed by atoms with Gasteiger partial charge in [0.05, 0.1) is 12.1 Å². The second kappa shape index (κ2) is 4.55. The fourth-order valence-electron chi connectivity index (χ4n) is 1.90. The number of ketones is 1. The Morgan fingerprint density at radius 2 is 2.31 bits per heavy atom. The molecule has 0 aliphatic carbocycles. The molecule has 0 aromatic heterocycles. The number of nitrogens with one attached hydrogen (secondary N) is 1. The maximum atomic E-state index is 12.0. The molecule has 0 radical (unpaired) electrons. The van der Waals surface area contributed by atoms with Crippen molar-refractivity contribution < 1.29 is 14.7 Å². The second-order valence-corrected chi connectivity index (χ2v) is 3.90. The summed E-state index contributed by atoms with van der Waals surface area (Å²) < 4.78 is 0. The van der Waals surface area contributed by atoms with Crippen LogP contribution < -0.4 is 5.32 Å². The SMILES string of the molecule is O=Cc1cccc(C(=O)[C@@H]2NCC[C@@H]2O)c1. The molecule has 84 valence electrons. The highest BCUT2D eigenvalue weighted by atomic mass is 16.3. The molecule has 2 atom stereocenters. The largest absolute Gasteiger partial charge is 0.391 e. The van der Waals surface area contributed by atoms with Crippen molar-refractivity contribution in [2.75, 3.05) is 6.54 Å². The van der Waals surface area contributed by atoms with Gasteiger partial charge in [-0.15, -0.1) is 0 Å². The second-order valence-electron chi connectivity index (χ2n) is 3.90. The molecule has 1 fully saturated rings. The summed E-state index contributed by atoms with van der Waals surface area (Å²) in [5, 5.41) is 12.5. The molecule has 4 heteroatoms. The van der Waals surface area contributed by atoms with E-state index in [2.05, 4.69) is 5.32 Å². The van der Waals surface area contributed by atoms with Crippen LogP contribution in [0.15, 0.2) is 24.3 Å². The predicted octanol–water partition coefficient (Wildman–Crippen LogP) is 0.405. The van der Waals surface area contributed by atoms with E-state index in [1.807, 2.05) is 0 Å². The minimum atomic E-state index is -0.632. The monoisotopic (exact) mass is 219 g/mol. The molecule has 1 heterocycles. The summed E-state index contributed by atoms with van der Waals surface area (Å²) >= 11 is 0. The lowest BCUT2D eigenvalue weighted by Crippen LogP contribution is -2.38. The van der Waals surface area contributed by atoms with Crippen LogP contribution in [0, 0.1) is 0 Å². The van der Waals surface area contributed by atoms with Gasteiger partial charge in [0, 0.05) is 11.1 Å². The summed E-state index contributed by atoms with van der Waals surface area (Å²) in [5.74, 6) is -0.159. The highest BCUT2D eigenvalue weighted by Gasteiger charge is 2.31. The molecule has 0 unspecified atom stereocenters. The Balaban J connectivity index is 2.23. The standard InChI is InChI=1S/C12H13NO3/c14-7-8-2-1-3-9(6-8)12(16)11-10(15)4-5-13-11/h1-3,6-7,10-11,13,15H,4-5H2/t10-,11+/m0/s1. The minimum Gasteiger partial charge on any atom is -0.391 e. The molecule has 1 aromatic carbocycles. The first-order valence-electron chi connectivity index (χ1n) is 5.23. The van der Waals surface area contributed by atoms with Gasteiger partial charge in [-0.1, -0.05) is 18.2 Å². The Kier molecular flexibility index (Phi) is 3.12. The fraction of sp³-hybridized carbons (Fsp3) is 0.333. The third kappa shape index (κ3) is 2.03. The van der Waals surface area contributed by atoms with E-state index >= 15 is 0 Å². The zero-order chi connectivity index (χ0) is 11.5. The molecule has 16 heavy (non-hydrogen) atoms. The van der Waals surface area contributed by atoms with Crippen molar-refractivity contribution in [3.8, 4) is 0 Å². The number of hydrogen-bond donors (Lipinski definition) is 2. The van der Waals surface area contributed by atoms with E-state index in [1.54, 1.807) is 24.3 Å². The van der Waals surface area contributed by atoms with Crippen molar-refractivity contribution >= 4 is 12.1 Å². The quantitative estimate of drug-likeness (QED) is 0.570. The molecule has 0 bridgehead atoms.